The van der Waals surface area contributed by atoms with Crippen molar-refractivity contribution >= 4 is 0 Å². The molecule has 0 fully saturated rings. The number of benzene rings is 1. The fraction of sp³-hybridized carbons (Fsp3) is 0.158. The van der Waals surface area contributed by atoms with Crippen molar-refractivity contribution in [1.29, 1.82) is 0 Å². The number of aryl methyl sites for hydroxylation is 1. The number of ether oxygens (including phenoxy) is 2. The molecule has 3 aromatic rings. The summed E-state index contributed by atoms with van der Waals surface area (Å²) in [7, 11) is 3.19. The SMILES string of the molecule is COc1ccc(-c2cc(C)[nH]c(=O)c2-[n+]2ccccc2)cc1OC. The van der Waals surface area contributed by atoms with E-state index in [-0.39, 0.29) is 5.56 Å². The first-order valence-corrected chi connectivity index (χ1v) is 7.57. The van der Waals surface area contributed by atoms with Crippen LogP contribution >= 0.6 is 0 Å². The normalized spacial score (nSPS) is 10.5. The summed E-state index contributed by atoms with van der Waals surface area (Å²) < 4.78 is 12.5. The van der Waals surface area contributed by atoms with Gasteiger partial charge in [-0.25, -0.2) is 0 Å². The van der Waals surface area contributed by atoms with Crippen LogP contribution in [-0.4, -0.2) is 19.2 Å². The van der Waals surface area contributed by atoms with E-state index in [0.717, 1.165) is 16.8 Å². The highest BCUT2D eigenvalue weighted by molar-refractivity contribution is 5.72. The minimum Gasteiger partial charge on any atom is -0.493 e. The summed E-state index contributed by atoms with van der Waals surface area (Å²) in [5.41, 5.74) is 2.93. The standard InChI is InChI=1S/C19H18N2O3/c1-13-11-15(14-7-8-16(23-2)17(12-14)24-3)18(19(22)20-13)21-9-5-4-6-10-21/h4-12H,1-3H3/p+1. The molecule has 0 aliphatic heterocycles. The van der Waals surface area contributed by atoms with Crippen molar-refractivity contribution in [2.45, 2.75) is 6.92 Å². The molecule has 0 unspecified atom stereocenters. The Hall–Kier alpha value is -3.08. The van der Waals surface area contributed by atoms with E-state index in [1.54, 1.807) is 14.2 Å². The molecule has 0 aliphatic carbocycles. The van der Waals surface area contributed by atoms with Gasteiger partial charge in [-0.1, -0.05) is 12.1 Å². The van der Waals surface area contributed by atoms with Crippen LogP contribution in [0.25, 0.3) is 16.8 Å². The molecule has 0 bridgehead atoms. The fourth-order valence-electron chi connectivity index (χ4n) is 2.71. The van der Waals surface area contributed by atoms with Gasteiger partial charge in [-0.15, -0.1) is 0 Å². The minimum atomic E-state index is -0.143. The third-order valence-electron chi connectivity index (χ3n) is 3.81. The molecular weight excluding hydrogens is 304 g/mol. The van der Waals surface area contributed by atoms with Gasteiger partial charge in [0.2, 0.25) is 0 Å². The smallest absolute Gasteiger partial charge is 0.321 e. The van der Waals surface area contributed by atoms with E-state index < -0.39 is 0 Å². The lowest BCUT2D eigenvalue weighted by atomic mass is 10.0. The molecule has 0 aliphatic rings. The third kappa shape index (κ3) is 2.88. The van der Waals surface area contributed by atoms with Crippen LogP contribution in [0, 0.1) is 6.92 Å². The number of aromatic amines is 1. The maximum Gasteiger partial charge on any atom is 0.321 e. The maximum absolute atomic E-state index is 12.6. The highest BCUT2D eigenvalue weighted by Gasteiger charge is 2.20. The number of methoxy groups -OCH3 is 2. The molecular formula is C19H19N2O3+. The zero-order valence-electron chi connectivity index (χ0n) is 13.9. The summed E-state index contributed by atoms with van der Waals surface area (Å²) in [6.07, 6.45) is 3.70. The van der Waals surface area contributed by atoms with Crippen molar-refractivity contribution in [3.8, 4) is 28.3 Å². The van der Waals surface area contributed by atoms with E-state index in [9.17, 15) is 4.79 Å². The molecule has 122 valence electrons. The Morgan fingerprint density at radius 1 is 0.958 bits per heavy atom. The summed E-state index contributed by atoms with van der Waals surface area (Å²) >= 11 is 0. The van der Waals surface area contributed by atoms with Gasteiger partial charge in [0.25, 0.3) is 5.69 Å². The Morgan fingerprint density at radius 2 is 1.67 bits per heavy atom. The van der Waals surface area contributed by atoms with Gasteiger partial charge < -0.3 is 14.5 Å². The van der Waals surface area contributed by atoms with Gasteiger partial charge in [-0.3, -0.25) is 4.79 Å². The molecule has 0 saturated heterocycles. The topological polar surface area (TPSA) is 55.2 Å². The number of H-pyrrole nitrogens is 1. The first-order valence-electron chi connectivity index (χ1n) is 7.57. The molecule has 24 heavy (non-hydrogen) atoms. The second-order valence-electron chi connectivity index (χ2n) is 5.40. The van der Waals surface area contributed by atoms with Crippen LogP contribution < -0.4 is 19.6 Å². The molecule has 3 rings (SSSR count). The number of hydrogen-bond donors (Lipinski definition) is 1. The second kappa shape index (κ2) is 6.58. The molecule has 5 heteroatoms. The van der Waals surface area contributed by atoms with Crippen LogP contribution in [0.4, 0.5) is 0 Å². The predicted octanol–water partition coefficient (Wildman–Crippen LogP) is 2.64. The molecule has 2 heterocycles. The summed E-state index contributed by atoms with van der Waals surface area (Å²) in [5.74, 6) is 1.27. The number of nitrogens with zero attached hydrogens (tertiary/aromatic N) is 1. The van der Waals surface area contributed by atoms with Gasteiger partial charge in [0.1, 0.15) is 0 Å². The van der Waals surface area contributed by atoms with Gasteiger partial charge >= 0.3 is 5.56 Å². The van der Waals surface area contributed by atoms with Crippen LogP contribution in [0.5, 0.6) is 11.5 Å². The Labute approximate surface area is 140 Å². The van der Waals surface area contributed by atoms with Crippen molar-refractivity contribution in [3.63, 3.8) is 0 Å². The average Bonchev–Trinajstić information content (AvgIpc) is 2.61. The van der Waals surface area contributed by atoms with E-state index in [2.05, 4.69) is 4.98 Å². The Morgan fingerprint density at radius 3 is 2.33 bits per heavy atom. The summed E-state index contributed by atoms with van der Waals surface area (Å²) in [4.78, 5) is 15.4. The van der Waals surface area contributed by atoms with Gasteiger partial charge in [-0.2, -0.15) is 4.57 Å². The summed E-state index contributed by atoms with van der Waals surface area (Å²) in [5, 5.41) is 0. The number of rotatable bonds is 4. The zero-order valence-corrected chi connectivity index (χ0v) is 13.9. The van der Waals surface area contributed by atoms with Crippen LogP contribution in [0.1, 0.15) is 5.69 Å². The number of pyridine rings is 2. The molecule has 1 N–H and O–H groups in total. The van der Waals surface area contributed by atoms with E-state index in [1.807, 2.05) is 66.3 Å². The van der Waals surface area contributed by atoms with Crippen LogP contribution in [0.15, 0.2) is 59.7 Å². The lowest BCUT2D eigenvalue weighted by Gasteiger charge is -2.11. The van der Waals surface area contributed by atoms with Gasteiger partial charge in [0.15, 0.2) is 23.9 Å². The van der Waals surface area contributed by atoms with Crippen LogP contribution in [0.2, 0.25) is 0 Å². The van der Waals surface area contributed by atoms with Crippen LogP contribution in [-0.2, 0) is 0 Å². The number of hydrogen-bond acceptors (Lipinski definition) is 3. The molecule has 5 nitrogen and oxygen atoms in total. The monoisotopic (exact) mass is 323 g/mol. The van der Waals surface area contributed by atoms with Gasteiger partial charge in [0.05, 0.1) is 19.8 Å². The quantitative estimate of drug-likeness (QED) is 0.751. The Balaban J connectivity index is 2.27. The summed E-state index contributed by atoms with van der Waals surface area (Å²) in [6, 6.07) is 13.3. The average molecular weight is 323 g/mol. The molecule has 0 amide bonds. The highest BCUT2D eigenvalue weighted by atomic mass is 16.5. The van der Waals surface area contributed by atoms with Crippen molar-refractivity contribution in [3.05, 3.63) is 70.9 Å². The molecule has 2 aromatic heterocycles. The maximum atomic E-state index is 12.6. The first-order chi connectivity index (χ1) is 11.6. The largest absolute Gasteiger partial charge is 0.493 e. The third-order valence-corrected chi connectivity index (χ3v) is 3.81. The van der Waals surface area contributed by atoms with Crippen molar-refractivity contribution < 1.29 is 14.0 Å². The highest BCUT2D eigenvalue weighted by Crippen LogP contribution is 2.33. The number of aromatic nitrogens is 2. The zero-order chi connectivity index (χ0) is 17.1. The van der Waals surface area contributed by atoms with Gasteiger partial charge in [0, 0.05) is 17.8 Å². The lowest BCUT2D eigenvalue weighted by Crippen LogP contribution is -2.37. The van der Waals surface area contributed by atoms with Crippen molar-refractivity contribution in [2.75, 3.05) is 14.2 Å². The molecule has 0 spiro atoms. The van der Waals surface area contributed by atoms with E-state index in [4.69, 9.17) is 9.47 Å². The van der Waals surface area contributed by atoms with E-state index >= 15 is 0 Å². The Bertz CT molecular complexity index is 918. The fourth-order valence-corrected chi connectivity index (χ4v) is 2.71. The molecule has 1 aromatic carbocycles. The molecule has 0 saturated carbocycles. The lowest BCUT2D eigenvalue weighted by molar-refractivity contribution is -0.596. The van der Waals surface area contributed by atoms with Crippen molar-refractivity contribution in [2.24, 2.45) is 0 Å². The summed E-state index contributed by atoms with van der Waals surface area (Å²) in [6.45, 7) is 1.87. The minimum absolute atomic E-state index is 0.143. The second-order valence-corrected chi connectivity index (χ2v) is 5.40. The number of nitrogens with one attached hydrogen (secondary N) is 1. The van der Waals surface area contributed by atoms with Crippen LogP contribution in [0.3, 0.4) is 0 Å². The first kappa shape index (κ1) is 15.8. The van der Waals surface area contributed by atoms with E-state index in [0.29, 0.717) is 17.2 Å². The molecule has 0 radical (unpaired) electrons. The predicted molar refractivity (Wildman–Crippen MR) is 91.9 cm³/mol. The van der Waals surface area contributed by atoms with Crippen molar-refractivity contribution in [1.82, 2.24) is 4.98 Å². The van der Waals surface area contributed by atoms with Gasteiger partial charge in [-0.05, 0) is 30.7 Å². The van der Waals surface area contributed by atoms with E-state index in [1.165, 1.54) is 0 Å². The molecule has 0 atom stereocenters. The Kier molecular flexibility index (Phi) is 4.33.